The molecule has 2 nitrogen and oxygen atoms in total. The van der Waals surface area contributed by atoms with Crippen molar-refractivity contribution in [3.8, 4) is 11.1 Å². The van der Waals surface area contributed by atoms with Gasteiger partial charge in [-0.05, 0) is 41.3 Å². The zero-order valence-electron chi connectivity index (χ0n) is 10.4. The molecule has 0 atom stereocenters. The second kappa shape index (κ2) is 5.72. The Morgan fingerprint density at radius 1 is 1.11 bits per heavy atom. The van der Waals surface area contributed by atoms with E-state index in [1.165, 1.54) is 6.08 Å². The molecule has 0 aromatic heterocycles. The number of aliphatic carboxylic acids is 1. The summed E-state index contributed by atoms with van der Waals surface area (Å²) in [5, 5.41) is 9.42. The number of benzene rings is 2. The normalized spacial score (nSPS) is 11.4. The molecule has 0 unspecified atom stereocenters. The van der Waals surface area contributed by atoms with Gasteiger partial charge in [0.05, 0.1) is 0 Å². The molecule has 0 aliphatic rings. The summed E-state index contributed by atoms with van der Waals surface area (Å²) in [4.78, 5) is 10.6. The number of hydrogen-bond donors (Lipinski definition) is 1. The fraction of sp³-hybridized carbons (Fsp3) is 0.0625. The highest BCUT2D eigenvalue weighted by molar-refractivity contribution is 6.30. The van der Waals surface area contributed by atoms with Crippen molar-refractivity contribution in [1.29, 1.82) is 0 Å². The van der Waals surface area contributed by atoms with Crippen molar-refractivity contribution >= 4 is 23.1 Å². The Morgan fingerprint density at radius 3 is 2.37 bits per heavy atom. The third-order valence-corrected chi connectivity index (χ3v) is 3.07. The van der Waals surface area contributed by atoms with Gasteiger partial charge in [0.2, 0.25) is 0 Å². The predicted octanol–water partition coefficient (Wildman–Crippen LogP) is 4.49. The zero-order chi connectivity index (χ0) is 13.8. The van der Waals surface area contributed by atoms with Gasteiger partial charge in [0.15, 0.2) is 0 Å². The van der Waals surface area contributed by atoms with Gasteiger partial charge in [-0.3, -0.25) is 0 Å². The molecule has 0 heterocycles. The molecular weight excluding hydrogens is 260 g/mol. The minimum atomic E-state index is -0.934. The van der Waals surface area contributed by atoms with E-state index in [9.17, 15) is 4.79 Å². The van der Waals surface area contributed by atoms with Crippen LogP contribution in [0.15, 0.2) is 54.6 Å². The van der Waals surface area contributed by atoms with Crippen molar-refractivity contribution in [1.82, 2.24) is 0 Å². The van der Waals surface area contributed by atoms with Gasteiger partial charge >= 0.3 is 5.97 Å². The Labute approximate surface area is 117 Å². The highest BCUT2D eigenvalue weighted by Gasteiger charge is 2.01. The summed E-state index contributed by atoms with van der Waals surface area (Å²) in [6.07, 6.45) is 1.20. The molecule has 96 valence electrons. The number of halogens is 1. The number of hydrogen-bond acceptors (Lipinski definition) is 1. The second-order valence-corrected chi connectivity index (χ2v) is 4.69. The van der Waals surface area contributed by atoms with Gasteiger partial charge in [-0.25, -0.2) is 4.79 Å². The first-order chi connectivity index (χ1) is 9.06. The molecule has 2 rings (SSSR count). The summed E-state index contributed by atoms with van der Waals surface area (Å²) in [5.74, 6) is -0.934. The number of carboxylic acids is 1. The Morgan fingerprint density at radius 2 is 1.79 bits per heavy atom. The molecule has 0 radical (unpaired) electrons. The lowest BCUT2D eigenvalue weighted by atomic mass is 10.0. The lowest BCUT2D eigenvalue weighted by Gasteiger charge is -2.05. The molecule has 2 aromatic rings. The van der Waals surface area contributed by atoms with Crippen LogP contribution in [0.25, 0.3) is 16.7 Å². The van der Waals surface area contributed by atoms with Crippen molar-refractivity contribution in [2.45, 2.75) is 6.92 Å². The predicted molar refractivity (Wildman–Crippen MR) is 78.2 cm³/mol. The first-order valence-corrected chi connectivity index (χ1v) is 6.21. The maximum atomic E-state index is 10.6. The monoisotopic (exact) mass is 272 g/mol. The number of rotatable bonds is 3. The van der Waals surface area contributed by atoms with E-state index in [4.69, 9.17) is 16.7 Å². The van der Waals surface area contributed by atoms with E-state index in [-0.39, 0.29) is 0 Å². The summed E-state index contributed by atoms with van der Waals surface area (Å²) in [7, 11) is 0. The fourth-order valence-electron chi connectivity index (χ4n) is 1.86. The molecule has 0 bridgehead atoms. The van der Waals surface area contributed by atoms with Gasteiger partial charge in [0, 0.05) is 11.1 Å². The highest BCUT2D eigenvalue weighted by Crippen LogP contribution is 2.24. The molecule has 0 fully saturated rings. The number of carbonyl (C=O) groups is 1. The van der Waals surface area contributed by atoms with Gasteiger partial charge in [-0.15, -0.1) is 0 Å². The standard InChI is InChI=1S/C16H13ClO2/c1-11(9-16(18)19)12-5-7-13(8-6-12)14-3-2-4-15(17)10-14/h2-10H,1H3,(H,18,19)/b11-9+. The third-order valence-electron chi connectivity index (χ3n) is 2.84. The van der Waals surface area contributed by atoms with Crippen LogP contribution in [0.2, 0.25) is 5.02 Å². The van der Waals surface area contributed by atoms with Gasteiger partial charge < -0.3 is 5.11 Å². The smallest absolute Gasteiger partial charge is 0.328 e. The molecule has 0 aliphatic heterocycles. The first kappa shape index (κ1) is 13.4. The van der Waals surface area contributed by atoms with Crippen LogP contribution in [0, 0.1) is 0 Å². The zero-order valence-corrected chi connectivity index (χ0v) is 11.2. The van der Waals surface area contributed by atoms with Crippen LogP contribution in [0.4, 0.5) is 0 Å². The van der Waals surface area contributed by atoms with Gasteiger partial charge in [-0.1, -0.05) is 48.0 Å². The molecule has 2 aromatic carbocycles. The van der Waals surface area contributed by atoms with Gasteiger partial charge in [0.25, 0.3) is 0 Å². The van der Waals surface area contributed by atoms with E-state index in [1.807, 2.05) is 48.5 Å². The summed E-state index contributed by atoms with van der Waals surface area (Å²) < 4.78 is 0. The lowest BCUT2D eigenvalue weighted by Crippen LogP contribution is -1.90. The SMILES string of the molecule is C/C(=C\C(=O)O)c1ccc(-c2cccc(Cl)c2)cc1. The van der Waals surface area contributed by atoms with Crippen LogP contribution < -0.4 is 0 Å². The molecule has 0 aliphatic carbocycles. The maximum Gasteiger partial charge on any atom is 0.328 e. The van der Waals surface area contributed by atoms with Crippen LogP contribution in [0.3, 0.4) is 0 Å². The van der Waals surface area contributed by atoms with Gasteiger partial charge in [-0.2, -0.15) is 0 Å². The minimum absolute atomic E-state index is 0.698. The Balaban J connectivity index is 2.31. The molecule has 0 amide bonds. The molecule has 1 N–H and O–H groups in total. The van der Waals surface area contributed by atoms with E-state index in [0.717, 1.165) is 22.3 Å². The van der Waals surface area contributed by atoms with Crippen LogP contribution >= 0.6 is 11.6 Å². The van der Waals surface area contributed by atoms with Crippen LogP contribution in [0.1, 0.15) is 12.5 Å². The van der Waals surface area contributed by atoms with E-state index in [1.54, 1.807) is 6.92 Å². The van der Waals surface area contributed by atoms with Crippen LogP contribution in [-0.2, 0) is 4.79 Å². The Kier molecular flexibility index (Phi) is 4.03. The lowest BCUT2D eigenvalue weighted by molar-refractivity contribution is -0.131. The summed E-state index contributed by atoms with van der Waals surface area (Å²) >= 11 is 5.96. The number of carboxylic acid groups (broad SMARTS) is 1. The Bertz CT molecular complexity index is 627. The van der Waals surface area contributed by atoms with Gasteiger partial charge in [0.1, 0.15) is 0 Å². The van der Waals surface area contributed by atoms with Crippen molar-refractivity contribution in [3.05, 3.63) is 65.2 Å². The number of allylic oxidation sites excluding steroid dienone is 1. The highest BCUT2D eigenvalue weighted by atomic mass is 35.5. The largest absolute Gasteiger partial charge is 0.478 e. The molecule has 0 saturated heterocycles. The molecule has 19 heavy (non-hydrogen) atoms. The molecule has 0 spiro atoms. The van der Waals surface area contributed by atoms with Crippen molar-refractivity contribution in [2.75, 3.05) is 0 Å². The van der Waals surface area contributed by atoms with Crippen LogP contribution in [-0.4, -0.2) is 11.1 Å². The van der Waals surface area contributed by atoms with Crippen molar-refractivity contribution in [2.24, 2.45) is 0 Å². The average Bonchev–Trinajstić information content (AvgIpc) is 2.38. The third kappa shape index (κ3) is 3.46. The van der Waals surface area contributed by atoms with Crippen molar-refractivity contribution < 1.29 is 9.90 Å². The summed E-state index contributed by atoms with van der Waals surface area (Å²) in [6.45, 7) is 1.78. The topological polar surface area (TPSA) is 37.3 Å². The van der Waals surface area contributed by atoms with E-state index in [0.29, 0.717) is 5.02 Å². The second-order valence-electron chi connectivity index (χ2n) is 4.25. The molecular formula is C16H13ClO2. The van der Waals surface area contributed by atoms with E-state index < -0.39 is 5.97 Å². The van der Waals surface area contributed by atoms with Crippen LogP contribution in [0.5, 0.6) is 0 Å². The van der Waals surface area contributed by atoms with E-state index in [2.05, 4.69) is 0 Å². The molecule has 3 heteroatoms. The molecule has 0 saturated carbocycles. The summed E-state index contributed by atoms with van der Waals surface area (Å²) in [6, 6.07) is 15.4. The summed E-state index contributed by atoms with van der Waals surface area (Å²) in [5.41, 5.74) is 3.71. The van der Waals surface area contributed by atoms with E-state index >= 15 is 0 Å². The van der Waals surface area contributed by atoms with Crippen molar-refractivity contribution in [3.63, 3.8) is 0 Å². The average molecular weight is 273 g/mol. The minimum Gasteiger partial charge on any atom is -0.478 e. The quantitative estimate of drug-likeness (QED) is 0.836. The fourth-order valence-corrected chi connectivity index (χ4v) is 2.05. The maximum absolute atomic E-state index is 10.6. The first-order valence-electron chi connectivity index (χ1n) is 5.84. The Hall–Kier alpha value is -2.06.